The molecule has 1 atom stereocenters. The van der Waals surface area contributed by atoms with Crippen molar-refractivity contribution in [1.29, 1.82) is 0 Å². The summed E-state index contributed by atoms with van der Waals surface area (Å²) in [6.45, 7) is 7.07. The first-order valence-corrected chi connectivity index (χ1v) is 8.41. The molecular formula is C14H26N4O2S. The molecule has 1 unspecified atom stereocenters. The molecule has 0 bridgehead atoms. The molecule has 7 heteroatoms. The van der Waals surface area contributed by atoms with Gasteiger partial charge in [0.2, 0.25) is 0 Å². The molecule has 1 aromatic heterocycles. The number of nitrogens with zero attached hydrogens (tertiary/aromatic N) is 3. The Labute approximate surface area is 131 Å². The van der Waals surface area contributed by atoms with Crippen LogP contribution in [0.25, 0.3) is 0 Å². The van der Waals surface area contributed by atoms with Crippen LogP contribution in [0.3, 0.4) is 0 Å². The molecule has 0 aromatic carbocycles. The van der Waals surface area contributed by atoms with Gasteiger partial charge in [-0.15, -0.1) is 0 Å². The summed E-state index contributed by atoms with van der Waals surface area (Å²) in [6.07, 6.45) is 4.19. The molecule has 0 fully saturated rings. The lowest BCUT2D eigenvalue weighted by atomic mass is 9.96. The van der Waals surface area contributed by atoms with E-state index in [0.29, 0.717) is 6.61 Å². The monoisotopic (exact) mass is 314 g/mol. The number of rotatable bonds is 10. The minimum atomic E-state index is -0.605. The van der Waals surface area contributed by atoms with Crippen LogP contribution in [-0.2, 0) is 16.6 Å². The van der Waals surface area contributed by atoms with Gasteiger partial charge in [-0.2, -0.15) is 5.10 Å². The predicted octanol–water partition coefficient (Wildman–Crippen LogP) is 2.01. The van der Waals surface area contributed by atoms with Gasteiger partial charge in [0, 0.05) is 12.8 Å². The van der Waals surface area contributed by atoms with Crippen molar-refractivity contribution in [3.8, 4) is 0 Å². The van der Waals surface area contributed by atoms with Crippen molar-refractivity contribution in [3.63, 3.8) is 0 Å². The van der Waals surface area contributed by atoms with E-state index in [2.05, 4.69) is 22.3 Å². The van der Waals surface area contributed by atoms with Crippen molar-refractivity contribution in [2.75, 3.05) is 18.9 Å². The van der Waals surface area contributed by atoms with Crippen LogP contribution in [0.5, 0.6) is 0 Å². The topological polar surface area (TPSA) is 69.0 Å². The normalized spacial score (nSPS) is 13.9. The molecule has 120 valence electrons. The number of thioether (sulfide) groups is 1. The van der Waals surface area contributed by atoms with Crippen LogP contribution in [-0.4, -0.2) is 45.2 Å². The molecular weight excluding hydrogens is 288 g/mol. The summed E-state index contributed by atoms with van der Waals surface area (Å²) in [5, 5.41) is 8.25. The second kappa shape index (κ2) is 9.04. The van der Waals surface area contributed by atoms with Crippen LogP contribution in [0.1, 0.15) is 40.0 Å². The smallest absolute Gasteiger partial charge is 0.326 e. The number of ether oxygens (including phenoxy) is 1. The SMILES string of the molecule is CCCNC(C)(CCCSc1ncnn1C)C(=O)OCC. The molecule has 0 spiro atoms. The number of carbonyl (C=O) groups is 1. The van der Waals surface area contributed by atoms with Gasteiger partial charge in [0.25, 0.3) is 0 Å². The molecule has 0 aliphatic carbocycles. The van der Waals surface area contributed by atoms with Crippen LogP contribution < -0.4 is 5.32 Å². The van der Waals surface area contributed by atoms with Crippen LogP contribution >= 0.6 is 11.8 Å². The van der Waals surface area contributed by atoms with Gasteiger partial charge in [0.1, 0.15) is 11.9 Å². The molecule has 6 nitrogen and oxygen atoms in total. The number of hydrogen-bond acceptors (Lipinski definition) is 6. The Hall–Kier alpha value is -1.08. The molecule has 0 saturated heterocycles. The number of aromatic nitrogens is 3. The van der Waals surface area contributed by atoms with Crippen molar-refractivity contribution >= 4 is 17.7 Å². The van der Waals surface area contributed by atoms with Crippen LogP contribution in [0.2, 0.25) is 0 Å². The first-order valence-electron chi connectivity index (χ1n) is 7.42. The average molecular weight is 314 g/mol. The van der Waals surface area contributed by atoms with Gasteiger partial charge in [-0.3, -0.25) is 4.79 Å². The third-order valence-electron chi connectivity index (χ3n) is 3.21. The highest BCUT2D eigenvalue weighted by molar-refractivity contribution is 7.99. The molecule has 0 saturated carbocycles. The Kier molecular flexibility index (Phi) is 7.74. The largest absolute Gasteiger partial charge is 0.465 e. The van der Waals surface area contributed by atoms with E-state index in [1.54, 1.807) is 22.8 Å². The molecule has 1 rings (SSSR count). The lowest BCUT2D eigenvalue weighted by Gasteiger charge is -2.28. The van der Waals surface area contributed by atoms with E-state index in [0.717, 1.165) is 36.7 Å². The van der Waals surface area contributed by atoms with Crippen molar-refractivity contribution < 1.29 is 9.53 Å². The van der Waals surface area contributed by atoms with E-state index in [-0.39, 0.29) is 5.97 Å². The Balaban J connectivity index is 2.45. The second-order valence-electron chi connectivity index (χ2n) is 5.10. The highest BCUT2D eigenvalue weighted by atomic mass is 32.2. The van der Waals surface area contributed by atoms with Gasteiger partial charge in [-0.25, -0.2) is 9.67 Å². The van der Waals surface area contributed by atoms with Gasteiger partial charge < -0.3 is 10.1 Å². The summed E-state index contributed by atoms with van der Waals surface area (Å²) in [5.74, 6) is 0.733. The van der Waals surface area contributed by atoms with E-state index in [1.165, 1.54) is 0 Å². The Morgan fingerprint density at radius 3 is 2.86 bits per heavy atom. The Bertz CT molecular complexity index is 438. The van der Waals surface area contributed by atoms with Crippen molar-refractivity contribution in [2.45, 2.75) is 50.7 Å². The highest BCUT2D eigenvalue weighted by Crippen LogP contribution is 2.20. The zero-order chi connectivity index (χ0) is 15.7. The minimum absolute atomic E-state index is 0.165. The summed E-state index contributed by atoms with van der Waals surface area (Å²) in [6, 6.07) is 0. The lowest BCUT2D eigenvalue weighted by Crippen LogP contribution is -2.50. The van der Waals surface area contributed by atoms with Crippen molar-refractivity contribution in [2.24, 2.45) is 7.05 Å². The molecule has 0 radical (unpaired) electrons. The van der Waals surface area contributed by atoms with E-state index >= 15 is 0 Å². The molecule has 1 aromatic rings. The number of esters is 1. The predicted molar refractivity (Wildman–Crippen MR) is 84.3 cm³/mol. The summed E-state index contributed by atoms with van der Waals surface area (Å²) in [5.41, 5.74) is -0.605. The Morgan fingerprint density at radius 2 is 2.29 bits per heavy atom. The van der Waals surface area contributed by atoms with Crippen LogP contribution in [0.4, 0.5) is 0 Å². The quantitative estimate of drug-likeness (QED) is 0.405. The van der Waals surface area contributed by atoms with Crippen LogP contribution in [0, 0.1) is 0 Å². The fourth-order valence-electron chi connectivity index (χ4n) is 1.96. The summed E-state index contributed by atoms with van der Waals surface area (Å²) >= 11 is 1.65. The third kappa shape index (κ3) is 5.67. The molecule has 0 amide bonds. The van der Waals surface area contributed by atoms with E-state index < -0.39 is 5.54 Å². The zero-order valence-corrected chi connectivity index (χ0v) is 14.2. The fraction of sp³-hybridized carbons (Fsp3) is 0.786. The second-order valence-corrected chi connectivity index (χ2v) is 6.16. The molecule has 1 N–H and O–H groups in total. The number of nitrogens with one attached hydrogen (secondary N) is 1. The van der Waals surface area contributed by atoms with Crippen molar-refractivity contribution in [1.82, 2.24) is 20.1 Å². The van der Waals surface area contributed by atoms with Gasteiger partial charge in [0.05, 0.1) is 6.61 Å². The fourth-order valence-corrected chi connectivity index (χ4v) is 2.79. The molecule has 21 heavy (non-hydrogen) atoms. The number of carbonyl (C=O) groups excluding carboxylic acids is 1. The van der Waals surface area contributed by atoms with E-state index in [1.807, 2.05) is 20.9 Å². The van der Waals surface area contributed by atoms with Crippen LogP contribution in [0.15, 0.2) is 11.5 Å². The van der Waals surface area contributed by atoms with Crippen molar-refractivity contribution in [3.05, 3.63) is 6.33 Å². The lowest BCUT2D eigenvalue weighted by molar-refractivity contribution is -0.150. The van der Waals surface area contributed by atoms with Gasteiger partial charge in [-0.05, 0) is 39.7 Å². The minimum Gasteiger partial charge on any atom is -0.465 e. The first-order chi connectivity index (χ1) is 10.0. The summed E-state index contributed by atoms with van der Waals surface area (Å²) in [4.78, 5) is 16.3. The maximum atomic E-state index is 12.1. The maximum Gasteiger partial charge on any atom is 0.326 e. The average Bonchev–Trinajstić information content (AvgIpc) is 2.87. The standard InChI is InChI=1S/C14H26N4O2S/c1-5-9-16-14(3,12(19)20-6-2)8-7-10-21-13-15-11-17-18(13)4/h11,16H,5-10H2,1-4H3. The summed E-state index contributed by atoms with van der Waals surface area (Å²) in [7, 11) is 1.88. The zero-order valence-electron chi connectivity index (χ0n) is 13.4. The van der Waals surface area contributed by atoms with Gasteiger partial charge >= 0.3 is 5.97 Å². The number of hydrogen-bond donors (Lipinski definition) is 1. The third-order valence-corrected chi connectivity index (χ3v) is 4.33. The van der Waals surface area contributed by atoms with Gasteiger partial charge in [0.15, 0.2) is 5.16 Å². The molecule has 0 aliphatic rings. The molecule has 0 aliphatic heterocycles. The number of aryl methyl sites for hydroxylation is 1. The summed E-state index contributed by atoms with van der Waals surface area (Å²) < 4.78 is 6.95. The van der Waals surface area contributed by atoms with E-state index in [9.17, 15) is 4.79 Å². The van der Waals surface area contributed by atoms with Gasteiger partial charge in [-0.1, -0.05) is 18.7 Å². The maximum absolute atomic E-state index is 12.1. The molecule has 1 heterocycles. The first kappa shape index (κ1) is 18.0. The highest BCUT2D eigenvalue weighted by Gasteiger charge is 2.33. The van der Waals surface area contributed by atoms with E-state index in [4.69, 9.17) is 4.74 Å². The Morgan fingerprint density at radius 1 is 1.52 bits per heavy atom.